The second-order valence-corrected chi connectivity index (χ2v) is 4.17. The Morgan fingerprint density at radius 2 is 1.88 bits per heavy atom. The van der Waals surface area contributed by atoms with Crippen molar-refractivity contribution in [1.82, 2.24) is 15.5 Å². The summed E-state index contributed by atoms with van der Waals surface area (Å²) in [7, 11) is 0. The highest BCUT2D eigenvalue weighted by Crippen LogP contribution is 1.99. The number of hydrogen-bond acceptors (Lipinski definition) is 3. The molecule has 6 heteroatoms. The Morgan fingerprint density at radius 1 is 1.18 bits per heavy atom. The topological polar surface area (TPSA) is 81.7 Å². The van der Waals surface area contributed by atoms with Crippen LogP contribution < -0.4 is 10.6 Å². The number of hydrogen-bond donors (Lipinski definition) is 3. The number of urea groups is 1. The van der Waals surface area contributed by atoms with Gasteiger partial charge in [0.05, 0.1) is 0 Å². The molecule has 0 spiro atoms. The number of nitrogens with zero attached hydrogens (tertiary/aromatic N) is 1. The number of amides is 2. The molecule has 1 rings (SSSR count). The Hall–Kier alpha value is -1.30. The molecule has 1 heterocycles. The molecule has 0 bridgehead atoms. The maximum absolute atomic E-state index is 11.6. The summed E-state index contributed by atoms with van der Waals surface area (Å²) >= 11 is 0. The van der Waals surface area contributed by atoms with Crippen molar-refractivity contribution in [3.63, 3.8) is 0 Å². The van der Waals surface area contributed by atoms with Crippen LogP contribution in [0.4, 0.5) is 4.79 Å². The molecule has 2 amide bonds. The van der Waals surface area contributed by atoms with Crippen LogP contribution in [-0.2, 0) is 4.79 Å². The van der Waals surface area contributed by atoms with Gasteiger partial charge in [0.15, 0.2) is 0 Å². The fourth-order valence-electron chi connectivity index (χ4n) is 1.75. The third-order valence-corrected chi connectivity index (χ3v) is 2.75. The van der Waals surface area contributed by atoms with Gasteiger partial charge in [0, 0.05) is 39.1 Å². The number of piperazine rings is 1. The minimum Gasteiger partial charge on any atom is -0.481 e. The summed E-state index contributed by atoms with van der Waals surface area (Å²) in [6.07, 6.45) is 2.57. The summed E-state index contributed by atoms with van der Waals surface area (Å²) in [4.78, 5) is 23.7. The molecular weight excluding hydrogens is 222 g/mol. The summed E-state index contributed by atoms with van der Waals surface area (Å²) in [5.41, 5.74) is 0. The van der Waals surface area contributed by atoms with Gasteiger partial charge in [0.2, 0.25) is 0 Å². The van der Waals surface area contributed by atoms with E-state index in [1.165, 1.54) is 0 Å². The van der Waals surface area contributed by atoms with Gasteiger partial charge < -0.3 is 20.6 Å². The van der Waals surface area contributed by atoms with Crippen LogP contribution in [0.15, 0.2) is 0 Å². The predicted molar refractivity (Wildman–Crippen MR) is 63.9 cm³/mol. The van der Waals surface area contributed by atoms with Crippen LogP contribution in [0.5, 0.6) is 0 Å². The summed E-state index contributed by atoms with van der Waals surface area (Å²) < 4.78 is 0. The van der Waals surface area contributed by atoms with E-state index in [0.717, 1.165) is 39.0 Å². The van der Waals surface area contributed by atoms with Crippen molar-refractivity contribution in [3.05, 3.63) is 0 Å². The fourth-order valence-corrected chi connectivity index (χ4v) is 1.75. The molecule has 1 fully saturated rings. The molecule has 0 radical (unpaired) electrons. The summed E-state index contributed by atoms with van der Waals surface area (Å²) in [5.74, 6) is -0.755. The zero-order valence-electron chi connectivity index (χ0n) is 10.1. The normalized spacial score (nSPS) is 15.6. The molecule has 1 saturated heterocycles. The van der Waals surface area contributed by atoms with Crippen LogP contribution in [-0.4, -0.2) is 54.7 Å². The molecule has 0 aromatic rings. The van der Waals surface area contributed by atoms with Gasteiger partial charge in [-0.3, -0.25) is 4.79 Å². The van der Waals surface area contributed by atoms with Crippen LogP contribution in [0.1, 0.15) is 25.7 Å². The van der Waals surface area contributed by atoms with Crippen LogP contribution in [0.25, 0.3) is 0 Å². The van der Waals surface area contributed by atoms with Gasteiger partial charge in [0.1, 0.15) is 0 Å². The Balaban J connectivity index is 1.98. The molecule has 0 aromatic carbocycles. The highest BCUT2D eigenvalue weighted by molar-refractivity contribution is 5.74. The number of carbonyl (C=O) groups is 2. The van der Waals surface area contributed by atoms with E-state index in [4.69, 9.17) is 5.11 Å². The second-order valence-electron chi connectivity index (χ2n) is 4.17. The first-order chi connectivity index (χ1) is 8.20. The van der Waals surface area contributed by atoms with Crippen molar-refractivity contribution in [1.29, 1.82) is 0 Å². The second kappa shape index (κ2) is 7.89. The quantitative estimate of drug-likeness (QED) is 0.584. The first-order valence-corrected chi connectivity index (χ1v) is 6.15. The average molecular weight is 243 g/mol. The Kier molecular flexibility index (Phi) is 6.39. The molecular formula is C11H21N3O3. The van der Waals surface area contributed by atoms with E-state index in [1.54, 1.807) is 4.90 Å². The van der Waals surface area contributed by atoms with Gasteiger partial charge >= 0.3 is 12.0 Å². The number of nitrogens with one attached hydrogen (secondary N) is 2. The maximum Gasteiger partial charge on any atom is 0.317 e. The Labute approximate surface area is 101 Å². The standard InChI is InChI=1S/C11H21N3O3/c15-10(16)4-2-1-3-5-13-11(17)14-8-6-12-7-9-14/h12H,1-9H2,(H,13,17)(H,15,16). The third kappa shape index (κ3) is 6.11. The lowest BCUT2D eigenvalue weighted by Crippen LogP contribution is -2.50. The van der Waals surface area contributed by atoms with E-state index in [2.05, 4.69) is 10.6 Å². The van der Waals surface area contributed by atoms with Crippen LogP contribution >= 0.6 is 0 Å². The van der Waals surface area contributed by atoms with Crippen molar-refractivity contribution >= 4 is 12.0 Å². The minimum absolute atomic E-state index is 0.00951. The minimum atomic E-state index is -0.755. The number of unbranched alkanes of at least 4 members (excludes halogenated alkanes) is 2. The van der Waals surface area contributed by atoms with Gasteiger partial charge in [-0.1, -0.05) is 6.42 Å². The number of carboxylic acid groups (broad SMARTS) is 1. The molecule has 0 saturated carbocycles. The highest BCUT2D eigenvalue weighted by atomic mass is 16.4. The molecule has 0 atom stereocenters. The smallest absolute Gasteiger partial charge is 0.317 e. The third-order valence-electron chi connectivity index (χ3n) is 2.75. The highest BCUT2D eigenvalue weighted by Gasteiger charge is 2.14. The SMILES string of the molecule is O=C(O)CCCCCNC(=O)N1CCNCC1. The summed E-state index contributed by atoms with van der Waals surface area (Å²) in [5, 5.41) is 14.5. The molecule has 1 aliphatic heterocycles. The lowest BCUT2D eigenvalue weighted by molar-refractivity contribution is -0.137. The van der Waals surface area contributed by atoms with Gasteiger partial charge in [-0.05, 0) is 12.8 Å². The van der Waals surface area contributed by atoms with E-state index in [0.29, 0.717) is 13.0 Å². The number of carbonyl (C=O) groups excluding carboxylic acids is 1. The van der Waals surface area contributed by atoms with E-state index >= 15 is 0 Å². The van der Waals surface area contributed by atoms with Crippen molar-refractivity contribution in [2.24, 2.45) is 0 Å². The van der Waals surface area contributed by atoms with E-state index in [1.807, 2.05) is 0 Å². The van der Waals surface area contributed by atoms with E-state index < -0.39 is 5.97 Å². The molecule has 6 nitrogen and oxygen atoms in total. The monoisotopic (exact) mass is 243 g/mol. The molecule has 3 N–H and O–H groups in total. The maximum atomic E-state index is 11.6. The zero-order valence-corrected chi connectivity index (χ0v) is 10.1. The lowest BCUT2D eigenvalue weighted by Gasteiger charge is -2.27. The molecule has 0 unspecified atom stereocenters. The molecule has 0 aliphatic carbocycles. The average Bonchev–Trinajstić information content (AvgIpc) is 2.34. The molecule has 0 aromatic heterocycles. The summed E-state index contributed by atoms with van der Waals surface area (Å²) in [6.45, 7) is 3.84. The van der Waals surface area contributed by atoms with Gasteiger partial charge in [-0.25, -0.2) is 4.79 Å². The van der Waals surface area contributed by atoms with Gasteiger partial charge in [0.25, 0.3) is 0 Å². The fraction of sp³-hybridized carbons (Fsp3) is 0.818. The zero-order chi connectivity index (χ0) is 12.5. The van der Waals surface area contributed by atoms with Crippen molar-refractivity contribution in [2.75, 3.05) is 32.7 Å². The number of aliphatic carboxylic acids is 1. The van der Waals surface area contributed by atoms with E-state index in [9.17, 15) is 9.59 Å². The molecule has 1 aliphatic rings. The predicted octanol–water partition coefficient (Wildman–Crippen LogP) is 0.246. The lowest BCUT2D eigenvalue weighted by atomic mass is 10.2. The number of rotatable bonds is 6. The van der Waals surface area contributed by atoms with E-state index in [-0.39, 0.29) is 12.5 Å². The van der Waals surface area contributed by atoms with Crippen LogP contribution in [0, 0.1) is 0 Å². The van der Waals surface area contributed by atoms with Crippen LogP contribution in [0.2, 0.25) is 0 Å². The molecule has 17 heavy (non-hydrogen) atoms. The largest absolute Gasteiger partial charge is 0.481 e. The molecule has 98 valence electrons. The Bertz CT molecular complexity index is 252. The van der Waals surface area contributed by atoms with Gasteiger partial charge in [-0.2, -0.15) is 0 Å². The van der Waals surface area contributed by atoms with Crippen molar-refractivity contribution in [3.8, 4) is 0 Å². The summed E-state index contributed by atoms with van der Waals surface area (Å²) in [6, 6.07) is -0.00951. The number of carboxylic acids is 1. The van der Waals surface area contributed by atoms with Crippen molar-refractivity contribution in [2.45, 2.75) is 25.7 Å². The first kappa shape index (κ1) is 13.8. The first-order valence-electron chi connectivity index (χ1n) is 6.15. The Morgan fingerprint density at radius 3 is 2.53 bits per heavy atom. The van der Waals surface area contributed by atoms with Crippen LogP contribution in [0.3, 0.4) is 0 Å². The van der Waals surface area contributed by atoms with Gasteiger partial charge in [-0.15, -0.1) is 0 Å². The van der Waals surface area contributed by atoms with Crippen molar-refractivity contribution < 1.29 is 14.7 Å².